The first-order chi connectivity index (χ1) is 14.0. The third-order valence-electron chi connectivity index (χ3n) is 6.19. The number of anilines is 1. The Morgan fingerprint density at radius 3 is 2.77 bits per heavy atom. The summed E-state index contributed by atoms with van der Waals surface area (Å²) >= 11 is 1.48. The van der Waals surface area contributed by atoms with E-state index >= 15 is 0 Å². The second kappa shape index (κ2) is 6.65. The second-order valence-electron chi connectivity index (χ2n) is 8.33. The molecular formula is C19H22F2N4O3S2. The summed E-state index contributed by atoms with van der Waals surface area (Å²) in [6.45, 7) is 2.12. The average Bonchev–Trinajstić information content (AvgIpc) is 3.32. The van der Waals surface area contributed by atoms with E-state index in [1.807, 2.05) is 13.0 Å². The lowest BCUT2D eigenvalue weighted by Crippen LogP contribution is -2.59. The van der Waals surface area contributed by atoms with E-state index in [0.29, 0.717) is 24.2 Å². The van der Waals surface area contributed by atoms with Crippen molar-refractivity contribution in [2.75, 3.05) is 17.7 Å². The maximum absolute atomic E-state index is 14.6. The van der Waals surface area contributed by atoms with Gasteiger partial charge in [0.2, 0.25) is 16.0 Å². The first-order valence-corrected chi connectivity index (χ1v) is 12.6. The summed E-state index contributed by atoms with van der Waals surface area (Å²) in [5, 5.41) is 9.83. The van der Waals surface area contributed by atoms with Crippen LogP contribution in [0.3, 0.4) is 0 Å². The fourth-order valence-electron chi connectivity index (χ4n) is 4.46. The van der Waals surface area contributed by atoms with Crippen molar-refractivity contribution in [3.05, 3.63) is 27.8 Å². The minimum atomic E-state index is -3.36. The summed E-state index contributed by atoms with van der Waals surface area (Å²) < 4.78 is 55.1. The molecule has 0 bridgehead atoms. The highest BCUT2D eigenvalue weighted by molar-refractivity contribution is 7.88. The molecule has 2 aromatic heterocycles. The van der Waals surface area contributed by atoms with Gasteiger partial charge in [0, 0.05) is 29.4 Å². The van der Waals surface area contributed by atoms with Crippen molar-refractivity contribution in [3.8, 4) is 10.6 Å². The first-order valence-electron chi connectivity index (χ1n) is 9.88. The Kier molecular flexibility index (Phi) is 4.48. The fourth-order valence-corrected chi connectivity index (χ4v) is 6.48. The predicted molar refractivity (Wildman–Crippen MR) is 109 cm³/mol. The molecule has 3 heterocycles. The van der Waals surface area contributed by atoms with E-state index in [4.69, 9.17) is 0 Å². The molecule has 1 aliphatic heterocycles. The van der Waals surface area contributed by atoms with Crippen LogP contribution in [0.15, 0.2) is 6.07 Å². The number of halogens is 2. The van der Waals surface area contributed by atoms with E-state index in [9.17, 15) is 22.3 Å². The number of fused-ring (bicyclic) bond motifs is 2. The summed E-state index contributed by atoms with van der Waals surface area (Å²) in [5.74, 6) is -2.79. The molecule has 3 aliphatic rings. The molecule has 1 fully saturated rings. The van der Waals surface area contributed by atoms with Crippen molar-refractivity contribution >= 4 is 27.3 Å². The van der Waals surface area contributed by atoms with Gasteiger partial charge < -0.3 is 10.0 Å². The molecule has 0 amide bonds. The molecule has 30 heavy (non-hydrogen) atoms. The van der Waals surface area contributed by atoms with Crippen molar-refractivity contribution in [2.24, 2.45) is 0 Å². The van der Waals surface area contributed by atoms with Gasteiger partial charge in [0.15, 0.2) is 0 Å². The van der Waals surface area contributed by atoms with Gasteiger partial charge in [-0.3, -0.25) is 0 Å². The SMILES string of the molecule is C[C@H]1[C@H](O)CN1c1nc(-c2cc3c(s2)CCC3NS(C)(=O)=O)c2c(n1)C(F)(F)CC2. The monoisotopic (exact) mass is 456 g/mol. The van der Waals surface area contributed by atoms with Gasteiger partial charge in [-0.15, -0.1) is 11.3 Å². The highest BCUT2D eigenvalue weighted by atomic mass is 32.2. The second-order valence-corrected chi connectivity index (χ2v) is 11.3. The summed E-state index contributed by atoms with van der Waals surface area (Å²) in [6, 6.07) is 1.34. The van der Waals surface area contributed by atoms with Crippen molar-refractivity contribution < 1.29 is 22.3 Å². The molecule has 0 saturated carbocycles. The van der Waals surface area contributed by atoms with E-state index in [1.54, 1.807) is 4.90 Å². The number of hydrogen-bond acceptors (Lipinski definition) is 7. The summed E-state index contributed by atoms with van der Waals surface area (Å²) in [6.07, 6.45) is 1.92. The number of aliphatic hydroxyl groups excluding tert-OH is 1. The van der Waals surface area contributed by atoms with Crippen LogP contribution >= 0.6 is 11.3 Å². The summed E-state index contributed by atoms with van der Waals surface area (Å²) in [5.41, 5.74) is 1.63. The minimum absolute atomic E-state index is 0.198. The number of nitrogens with zero attached hydrogens (tertiary/aromatic N) is 3. The number of rotatable bonds is 4. The Balaban J connectivity index is 1.59. The molecule has 1 unspecified atom stereocenters. The Labute approximate surface area is 177 Å². The van der Waals surface area contributed by atoms with E-state index in [-0.39, 0.29) is 36.6 Å². The molecule has 11 heteroatoms. The molecule has 2 aliphatic carbocycles. The number of nitrogens with one attached hydrogen (secondary N) is 1. The van der Waals surface area contributed by atoms with Gasteiger partial charge in [-0.05, 0) is 37.8 Å². The van der Waals surface area contributed by atoms with Crippen molar-refractivity contribution in [1.82, 2.24) is 14.7 Å². The Bertz CT molecular complexity index is 1140. The van der Waals surface area contributed by atoms with E-state index in [1.165, 1.54) is 11.3 Å². The summed E-state index contributed by atoms with van der Waals surface area (Å²) in [4.78, 5) is 12.4. The molecule has 2 N–H and O–H groups in total. The van der Waals surface area contributed by atoms with Gasteiger partial charge >= 0.3 is 0 Å². The topological polar surface area (TPSA) is 95.4 Å². The number of aliphatic hydroxyl groups is 1. The van der Waals surface area contributed by atoms with Crippen molar-refractivity contribution in [2.45, 2.75) is 56.7 Å². The maximum atomic E-state index is 14.6. The van der Waals surface area contributed by atoms with Gasteiger partial charge in [0.05, 0.1) is 29.0 Å². The Morgan fingerprint density at radius 1 is 1.33 bits per heavy atom. The lowest BCUT2D eigenvalue weighted by atomic mass is 10.0. The Morgan fingerprint density at radius 2 is 2.10 bits per heavy atom. The molecule has 0 spiro atoms. The van der Waals surface area contributed by atoms with Crippen LogP contribution in [0.2, 0.25) is 0 Å². The zero-order valence-corrected chi connectivity index (χ0v) is 18.2. The van der Waals surface area contributed by atoms with Gasteiger partial charge in [-0.1, -0.05) is 0 Å². The normalized spacial score (nSPS) is 27.1. The van der Waals surface area contributed by atoms with Crippen molar-refractivity contribution in [3.63, 3.8) is 0 Å². The molecule has 0 radical (unpaired) electrons. The molecule has 1 saturated heterocycles. The highest BCUT2D eigenvalue weighted by Gasteiger charge is 2.45. The van der Waals surface area contributed by atoms with Crippen LogP contribution in [-0.2, 0) is 28.8 Å². The van der Waals surface area contributed by atoms with Crippen LogP contribution in [-0.4, -0.2) is 48.4 Å². The lowest BCUT2D eigenvalue weighted by molar-refractivity contribution is -0.00603. The quantitative estimate of drug-likeness (QED) is 0.733. The third-order valence-corrected chi connectivity index (χ3v) is 8.12. The molecule has 162 valence electrons. The summed E-state index contributed by atoms with van der Waals surface area (Å²) in [7, 11) is -3.36. The zero-order valence-electron chi connectivity index (χ0n) is 16.5. The molecule has 0 aromatic carbocycles. The van der Waals surface area contributed by atoms with Crippen LogP contribution in [0.5, 0.6) is 0 Å². The van der Waals surface area contributed by atoms with Crippen LogP contribution in [0.25, 0.3) is 10.6 Å². The number of hydrogen-bond donors (Lipinski definition) is 2. The number of sulfonamides is 1. The third kappa shape index (κ3) is 3.22. The number of aryl methyl sites for hydroxylation is 1. The highest BCUT2D eigenvalue weighted by Crippen LogP contribution is 2.48. The van der Waals surface area contributed by atoms with Crippen LogP contribution < -0.4 is 9.62 Å². The number of alkyl halides is 2. The van der Waals surface area contributed by atoms with Gasteiger partial charge in [0.25, 0.3) is 5.92 Å². The van der Waals surface area contributed by atoms with Crippen LogP contribution in [0, 0.1) is 0 Å². The zero-order chi connectivity index (χ0) is 21.4. The Hall–Kier alpha value is -1.69. The molecule has 3 atom stereocenters. The van der Waals surface area contributed by atoms with Crippen molar-refractivity contribution in [1.29, 1.82) is 0 Å². The number of thiophene rings is 1. The average molecular weight is 457 g/mol. The van der Waals surface area contributed by atoms with E-state index in [2.05, 4.69) is 14.7 Å². The number of β-amino-alcohol motifs (C(OH)–C–C–N with tert-alkyl or cyclic N) is 1. The van der Waals surface area contributed by atoms with Gasteiger partial charge in [0.1, 0.15) is 5.69 Å². The fraction of sp³-hybridized carbons (Fsp3) is 0.579. The van der Waals surface area contributed by atoms with Crippen LogP contribution in [0.1, 0.15) is 47.5 Å². The smallest absolute Gasteiger partial charge is 0.290 e. The largest absolute Gasteiger partial charge is 0.389 e. The molecule has 2 aromatic rings. The van der Waals surface area contributed by atoms with Crippen LogP contribution in [0.4, 0.5) is 14.7 Å². The maximum Gasteiger partial charge on any atom is 0.290 e. The standard InChI is InChI=1S/C19H22F2N4O3S2/c1-9-13(26)8-25(9)18-22-16(10-5-6-19(20,21)17(10)23-18)15-7-11-12(24-30(2,27)28)3-4-14(11)29-15/h7,9,12-13,24,26H,3-6,8H2,1-2H3/t9-,12?,13+/m0/s1. The van der Waals surface area contributed by atoms with E-state index in [0.717, 1.165) is 28.0 Å². The van der Waals surface area contributed by atoms with E-state index < -0.39 is 22.0 Å². The number of aromatic nitrogens is 2. The lowest BCUT2D eigenvalue weighted by Gasteiger charge is -2.43. The predicted octanol–water partition coefficient (Wildman–Crippen LogP) is 2.35. The molecular weight excluding hydrogens is 434 g/mol. The minimum Gasteiger partial charge on any atom is -0.389 e. The molecule has 7 nitrogen and oxygen atoms in total. The molecule has 5 rings (SSSR count). The van der Waals surface area contributed by atoms with Gasteiger partial charge in [-0.2, -0.15) is 8.78 Å². The first kappa shape index (κ1) is 20.2. The van der Waals surface area contributed by atoms with Gasteiger partial charge in [-0.25, -0.2) is 23.1 Å².